The monoisotopic (exact) mass is 286 g/mol. The van der Waals surface area contributed by atoms with Crippen molar-refractivity contribution in [2.75, 3.05) is 13.7 Å². The van der Waals surface area contributed by atoms with Gasteiger partial charge in [-0.2, -0.15) is 0 Å². The molecule has 3 N–H and O–H groups in total. The molecule has 0 aliphatic carbocycles. The molecule has 0 fully saturated rings. The molecule has 0 spiro atoms. The van der Waals surface area contributed by atoms with E-state index in [2.05, 4.69) is 4.72 Å². The number of nitrogens with two attached hydrogens (primary N) is 1. The second-order valence-corrected chi connectivity index (χ2v) is 6.58. The predicted molar refractivity (Wildman–Crippen MR) is 75.6 cm³/mol. The highest BCUT2D eigenvalue weighted by atomic mass is 32.2. The van der Waals surface area contributed by atoms with Crippen LogP contribution in [-0.2, 0) is 10.0 Å². The summed E-state index contributed by atoms with van der Waals surface area (Å²) in [6.45, 7) is 4.34. The Morgan fingerprint density at radius 1 is 1.37 bits per heavy atom. The molecule has 108 valence electrons. The highest BCUT2D eigenvalue weighted by molar-refractivity contribution is 7.89. The third-order valence-corrected chi connectivity index (χ3v) is 4.23. The summed E-state index contributed by atoms with van der Waals surface area (Å²) in [6.07, 6.45) is 0.708. The smallest absolute Gasteiger partial charge is 0.240 e. The number of sulfonamides is 1. The molecule has 1 aromatic carbocycles. The van der Waals surface area contributed by atoms with E-state index < -0.39 is 10.0 Å². The van der Waals surface area contributed by atoms with E-state index in [9.17, 15) is 8.42 Å². The number of hydrogen-bond donors (Lipinski definition) is 2. The average Bonchev–Trinajstić information content (AvgIpc) is 2.37. The van der Waals surface area contributed by atoms with Crippen molar-refractivity contribution in [1.29, 1.82) is 0 Å². The highest BCUT2D eigenvalue weighted by Gasteiger charge is 2.20. The number of ether oxygens (including phenoxy) is 1. The van der Waals surface area contributed by atoms with Gasteiger partial charge in [-0.3, -0.25) is 0 Å². The molecule has 1 unspecified atom stereocenters. The van der Waals surface area contributed by atoms with Crippen molar-refractivity contribution in [2.24, 2.45) is 11.7 Å². The number of nitrogens with one attached hydrogen (secondary N) is 1. The number of benzene rings is 1. The second kappa shape index (κ2) is 6.88. The van der Waals surface area contributed by atoms with Gasteiger partial charge in [0.1, 0.15) is 5.75 Å². The molecule has 0 bridgehead atoms. The first-order valence-corrected chi connectivity index (χ1v) is 7.73. The molecule has 0 saturated carbocycles. The molecule has 0 saturated heterocycles. The fraction of sp³-hybridized carbons (Fsp3) is 0.538. The standard InChI is InChI=1S/C13H22N2O3S/c1-10(2)7-11(9-14)15-19(16,17)13-6-4-5-12(8-13)18-3/h4-6,8,10-11,15H,7,9,14H2,1-3H3. The van der Waals surface area contributed by atoms with Crippen LogP contribution in [0.1, 0.15) is 20.3 Å². The van der Waals surface area contributed by atoms with Crippen molar-refractivity contribution in [1.82, 2.24) is 4.72 Å². The van der Waals surface area contributed by atoms with Crippen LogP contribution in [0.4, 0.5) is 0 Å². The van der Waals surface area contributed by atoms with Crippen molar-refractivity contribution >= 4 is 10.0 Å². The van der Waals surface area contributed by atoms with Crippen molar-refractivity contribution in [3.63, 3.8) is 0 Å². The Hall–Kier alpha value is -1.11. The van der Waals surface area contributed by atoms with Gasteiger partial charge in [-0.25, -0.2) is 13.1 Å². The Labute approximate surface area is 115 Å². The third kappa shape index (κ3) is 4.81. The van der Waals surface area contributed by atoms with Crippen molar-refractivity contribution in [3.05, 3.63) is 24.3 Å². The van der Waals surface area contributed by atoms with E-state index in [-0.39, 0.29) is 17.5 Å². The van der Waals surface area contributed by atoms with Gasteiger partial charge in [-0.15, -0.1) is 0 Å². The summed E-state index contributed by atoms with van der Waals surface area (Å²) in [7, 11) is -2.06. The summed E-state index contributed by atoms with van der Waals surface area (Å²) in [5, 5.41) is 0. The van der Waals surface area contributed by atoms with E-state index >= 15 is 0 Å². The van der Waals surface area contributed by atoms with E-state index in [1.807, 2.05) is 13.8 Å². The molecular weight excluding hydrogens is 264 g/mol. The zero-order valence-electron chi connectivity index (χ0n) is 11.6. The average molecular weight is 286 g/mol. The Morgan fingerprint density at radius 3 is 2.58 bits per heavy atom. The molecule has 5 nitrogen and oxygen atoms in total. The van der Waals surface area contributed by atoms with Gasteiger partial charge in [0.2, 0.25) is 10.0 Å². The maximum absolute atomic E-state index is 12.2. The van der Waals surface area contributed by atoms with Gasteiger partial charge < -0.3 is 10.5 Å². The summed E-state index contributed by atoms with van der Waals surface area (Å²) in [6, 6.07) is 6.12. The van der Waals surface area contributed by atoms with Gasteiger partial charge >= 0.3 is 0 Å². The summed E-state index contributed by atoms with van der Waals surface area (Å²) in [5.41, 5.74) is 5.61. The highest BCUT2D eigenvalue weighted by Crippen LogP contribution is 2.17. The summed E-state index contributed by atoms with van der Waals surface area (Å²) >= 11 is 0. The summed E-state index contributed by atoms with van der Waals surface area (Å²) in [4.78, 5) is 0.189. The van der Waals surface area contributed by atoms with E-state index in [1.165, 1.54) is 19.2 Å². The summed E-state index contributed by atoms with van der Waals surface area (Å²) < 4.78 is 32.1. The van der Waals surface area contributed by atoms with Gasteiger partial charge in [0.15, 0.2) is 0 Å². The van der Waals surface area contributed by atoms with Crippen molar-refractivity contribution < 1.29 is 13.2 Å². The Kier molecular flexibility index (Phi) is 5.78. The van der Waals surface area contributed by atoms with Gasteiger partial charge in [0, 0.05) is 18.7 Å². The Balaban J connectivity index is 2.90. The molecule has 0 aromatic heterocycles. The molecule has 0 heterocycles. The van der Waals surface area contributed by atoms with Crippen LogP contribution in [-0.4, -0.2) is 28.1 Å². The van der Waals surface area contributed by atoms with Crippen LogP contribution in [0, 0.1) is 5.92 Å². The zero-order chi connectivity index (χ0) is 14.5. The topological polar surface area (TPSA) is 81.4 Å². The first-order valence-electron chi connectivity index (χ1n) is 6.25. The zero-order valence-corrected chi connectivity index (χ0v) is 12.4. The largest absolute Gasteiger partial charge is 0.497 e. The first-order chi connectivity index (χ1) is 8.89. The lowest BCUT2D eigenvalue weighted by molar-refractivity contribution is 0.413. The van der Waals surface area contributed by atoms with Gasteiger partial charge in [-0.1, -0.05) is 19.9 Å². The van der Waals surface area contributed by atoms with E-state index in [0.717, 1.165) is 0 Å². The van der Waals surface area contributed by atoms with E-state index in [1.54, 1.807) is 12.1 Å². The fourth-order valence-corrected chi connectivity index (χ4v) is 3.11. The minimum atomic E-state index is -3.56. The van der Waals surface area contributed by atoms with E-state index in [0.29, 0.717) is 18.1 Å². The molecule has 1 aromatic rings. The lowest BCUT2D eigenvalue weighted by Gasteiger charge is -2.19. The number of rotatable bonds is 7. The minimum Gasteiger partial charge on any atom is -0.497 e. The fourth-order valence-electron chi connectivity index (χ4n) is 1.82. The van der Waals surface area contributed by atoms with Crippen LogP contribution in [0.25, 0.3) is 0 Å². The molecule has 19 heavy (non-hydrogen) atoms. The Morgan fingerprint density at radius 2 is 2.05 bits per heavy atom. The van der Waals surface area contributed by atoms with Crippen LogP contribution >= 0.6 is 0 Å². The third-order valence-electron chi connectivity index (χ3n) is 2.71. The molecule has 6 heteroatoms. The van der Waals surface area contributed by atoms with E-state index in [4.69, 9.17) is 10.5 Å². The quantitative estimate of drug-likeness (QED) is 0.792. The second-order valence-electron chi connectivity index (χ2n) is 4.86. The Bertz CT molecular complexity index is 500. The molecule has 0 amide bonds. The normalized spacial score (nSPS) is 13.5. The van der Waals surface area contributed by atoms with Gasteiger partial charge in [0.25, 0.3) is 0 Å². The minimum absolute atomic E-state index is 0.189. The van der Waals surface area contributed by atoms with Crippen molar-refractivity contribution in [2.45, 2.75) is 31.2 Å². The number of hydrogen-bond acceptors (Lipinski definition) is 4. The maximum atomic E-state index is 12.2. The van der Waals surface area contributed by atoms with Crippen molar-refractivity contribution in [3.8, 4) is 5.75 Å². The molecule has 0 radical (unpaired) electrons. The van der Waals surface area contributed by atoms with Crippen LogP contribution in [0.15, 0.2) is 29.2 Å². The predicted octanol–water partition coefficient (Wildman–Crippen LogP) is 1.35. The van der Waals surface area contributed by atoms with Crippen LogP contribution < -0.4 is 15.2 Å². The van der Waals surface area contributed by atoms with Gasteiger partial charge in [0.05, 0.1) is 12.0 Å². The SMILES string of the molecule is COc1cccc(S(=O)(=O)NC(CN)CC(C)C)c1. The van der Waals surface area contributed by atoms with Crippen LogP contribution in [0.2, 0.25) is 0 Å². The van der Waals surface area contributed by atoms with Gasteiger partial charge in [-0.05, 0) is 24.5 Å². The molecule has 1 atom stereocenters. The molecule has 1 rings (SSSR count). The lowest BCUT2D eigenvalue weighted by atomic mass is 10.1. The molecule has 0 aliphatic heterocycles. The van der Waals surface area contributed by atoms with Crippen LogP contribution in [0.5, 0.6) is 5.75 Å². The van der Waals surface area contributed by atoms with Crippen LogP contribution in [0.3, 0.4) is 0 Å². The maximum Gasteiger partial charge on any atom is 0.240 e. The molecule has 0 aliphatic rings. The summed E-state index contributed by atoms with van der Waals surface area (Å²) in [5.74, 6) is 0.887. The number of methoxy groups -OCH3 is 1. The lowest BCUT2D eigenvalue weighted by Crippen LogP contribution is -2.40. The molecular formula is C13H22N2O3S. The first kappa shape index (κ1) is 15.9.